The average Bonchev–Trinajstić information content (AvgIpc) is 2.98. The minimum Gasteiger partial charge on any atom is -0.450 e. The molecule has 0 aliphatic heterocycles. The fraction of sp³-hybridized carbons (Fsp3) is 0.316. The van der Waals surface area contributed by atoms with Crippen LogP contribution in [0.1, 0.15) is 0 Å². The van der Waals surface area contributed by atoms with Crippen molar-refractivity contribution in [3.8, 4) is 11.5 Å². The van der Waals surface area contributed by atoms with Gasteiger partial charge in [0.05, 0.1) is 5.39 Å². The summed E-state index contributed by atoms with van der Waals surface area (Å²) in [6.07, 6.45) is 3.35. The van der Waals surface area contributed by atoms with Crippen molar-refractivity contribution in [1.29, 1.82) is 0 Å². The maximum absolute atomic E-state index is 14.0. The van der Waals surface area contributed by atoms with Gasteiger partial charge in [-0.15, -0.1) is 0 Å². The van der Waals surface area contributed by atoms with Crippen LogP contribution in [0.3, 0.4) is 0 Å². The predicted molar refractivity (Wildman–Crippen MR) is 105 cm³/mol. The molecule has 27 heavy (non-hydrogen) atoms. The van der Waals surface area contributed by atoms with Crippen LogP contribution < -0.4 is 10.5 Å². The van der Waals surface area contributed by atoms with Crippen LogP contribution in [-0.2, 0) is 11.5 Å². The van der Waals surface area contributed by atoms with Crippen LogP contribution in [0, 0.1) is 11.6 Å². The van der Waals surface area contributed by atoms with Crippen molar-refractivity contribution in [3.63, 3.8) is 0 Å². The molecule has 0 bridgehead atoms. The average molecular weight is 391 g/mol. The number of benzene rings is 1. The summed E-state index contributed by atoms with van der Waals surface area (Å²) in [6.45, 7) is 7.93. The Bertz CT molecular complexity index is 931. The lowest BCUT2D eigenvalue weighted by Gasteiger charge is -2.15. The third-order valence-corrected chi connectivity index (χ3v) is 5.79. The first-order valence-corrected chi connectivity index (χ1v) is 12.4. The SMILES string of the molecule is C[Si](C)(C)CCOCn1ccc2c(Oc3c(F)cc(N)cc3F)ccnc21. The topological polar surface area (TPSA) is 62.3 Å². The largest absolute Gasteiger partial charge is 0.450 e. The lowest BCUT2D eigenvalue weighted by Crippen LogP contribution is -2.22. The molecule has 2 heterocycles. The van der Waals surface area contributed by atoms with Crippen molar-refractivity contribution in [2.45, 2.75) is 32.4 Å². The molecule has 0 radical (unpaired) electrons. The van der Waals surface area contributed by atoms with Crippen LogP contribution in [-0.4, -0.2) is 24.2 Å². The lowest BCUT2D eigenvalue weighted by atomic mass is 10.2. The molecule has 1 aromatic carbocycles. The summed E-state index contributed by atoms with van der Waals surface area (Å²) in [6, 6.07) is 6.47. The molecule has 3 aromatic rings. The molecule has 144 valence electrons. The van der Waals surface area contributed by atoms with E-state index in [9.17, 15) is 8.78 Å². The fourth-order valence-corrected chi connectivity index (χ4v) is 3.34. The van der Waals surface area contributed by atoms with Gasteiger partial charge in [-0.2, -0.15) is 0 Å². The highest BCUT2D eigenvalue weighted by Crippen LogP contribution is 2.33. The first kappa shape index (κ1) is 19.3. The third kappa shape index (κ3) is 4.64. The molecule has 0 amide bonds. The molecule has 2 N–H and O–H groups in total. The Morgan fingerprint density at radius 3 is 2.52 bits per heavy atom. The zero-order valence-corrected chi connectivity index (χ0v) is 16.6. The Labute approximate surface area is 157 Å². The highest BCUT2D eigenvalue weighted by molar-refractivity contribution is 6.76. The summed E-state index contributed by atoms with van der Waals surface area (Å²) in [5, 5.41) is 0.641. The van der Waals surface area contributed by atoms with Crippen molar-refractivity contribution < 1.29 is 18.3 Å². The molecule has 0 atom stereocenters. The second-order valence-electron chi connectivity index (χ2n) is 7.60. The number of nitrogen functional groups attached to an aromatic ring is 1. The number of hydrogen-bond acceptors (Lipinski definition) is 4. The van der Waals surface area contributed by atoms with Crippen LogP contribution in [0.25, 0.3) is 11.0 Å². The number of ether oxygens (including phenoxy) is 2. The number of nitrogens with two attached hydrogens (primary N) is 1. The Hall–Kier alpha value is -2.45. The van der Waals surface area contributed by atoms with Gasteiger partial charge in [0.25, 0.3) is 0 Å². The van der Waals surface area contributed by atoms with Gasteiger partial charge in [-0.1, -0.05) is 19.6 Å². The monoisotopic (exact) mass is 391 g/mol. The lowest BCUT2D eigenvalue weighted by molar-refractivity contribution is 0.0899. The third-order valence-electron chi connectivity index (χ3n) is 4.08. The van der Waals surface area contributed by atoms with Crippen LogP contribution >= 0.6 is 0 Å². The molecule has 0 saturated carbocycles. The van der Waals surface area contributed by atoms with E-state index in [1.54, 1.807) is 12.1 Å². The minimum atomic E-state index is -1.15. The number of halogens is 2. The van der Waals surface area contributed by atoms with Gasteiger partial charge in [0.15, 0.2) is 17.4 Å². The Balaban J connectivity index is 1.80. The molecule has 0 unspecified atom stereocenters. The van der Waals surface area contributed by atoms with Crippen molar-refractivity contribution in [2.24, 2.45) is 0 Å². The van der Waals surface area contributed by atoms with E-state index in [-0.39, 0.29) is 5.69 Å². The fourth-order valence-electron chi connectivity index (χ4n) is 2.59. The summed E-state index contributed by atoms with van der Waals surface area (Å²) in [5.41, 5.74) is 6.06. The van der Waals surface area contributed by atoms with Crippen molar-refractivity contribution >= 4 is 24.8 Å². The normalized spacial score (nSPS) is 11.9. The van der Waals surface area contributed by atoms with Gasteiger partial charge >= 0.3 is 0 Å². The van der Waals surface area contributed by atoms with Gasteiger partial charge in [-0.3, -0.25) is 0 Å². The molecule has 8 heteroatoms. The molecule has 0 aliphatic rings. The van der Waals surface area contributed by atoms with Crippen LogP contribution in [0.5, 0.6) is 11.5 Å². The van der Waals surface area contributed by atoms with Crippen molar-refractivity contribution in [2.75, 3.05) is 12.3 Å². The van der Waals surface area contributed by atoms with Gasteiger partial charge in [-0.25, -0.2) is 13.8 Å². The highest BCUT2D eigenvalue weighted by Gasteiger charge is 2.16. The summed E-state index contributed by atoms with van der Waals surface area (Å²) >= 11 is 0. The first-order valence-electron chi connectivity index (χ1n) is 8.68. The number of aromatic nitrogens is 2. The Morgan fingerprint density at radius 2 is 1.85 bits per heavy atom. The van der Waals surface area contributed by atoms with E-state index >= 15 is 0 Å². The van der Waals surface area contributed by atoms with Crippen molar-refractivity contribution in [3.05, 3.63) is 48.3 Å². The van der Waals surface area contributed by atoms with E-state index in [2.05, 4.69) is 24.6 Å². The summed E-state index contributed by atoms with van der Waals surface area (Å²) in [7, 11) is -1.15. The van der Waals surface area contributed by atoms with E-state index < -0.39 is 25.5 Å². The van der Waals surface area contributed by atoms with Gasteiger partial charge in [0.1, 0.15) is 18.1 Å². The van der Waals surface area contributed by atoms with E-state index in [4.69, 9.17) is 15.2 Å². The molecule has 0 fully saturated rings. The maximum Gasteiger partial charge on any atom is 0.198 e. The van der Waals surface area contributed by atoms with E-state index in [0.29, 0.717) is 30.1 Å². The molecular weight excluding hydrogens is 368 g/mol. The van der Waals surface area contributed by atoms with Gasteiger partial charge in [0, 0.05) is 44.9 Å². The molecule has 0 spiro atoms. The Morgan fingerprint density at radius 1 is 1.15 bits per heavy atom. The zero-order valence-electron chi connectivity index (χ0n) is 15.6. The highest BCUT2D eigenvalue weighted by atomic mass is 28.3. The zero-order chi connectivity index (χ0) is 19.6. The Kier molecular flexibility index (Phi) is 5.47. The molecule has 0 aliphatic carbocycles. The summed E-state index contributed by atoms with van der Waals surface area (Å²) < 4.78 is 41.1. The molecule has 5 nitrogen and oxygen atoms in total. The maximum atomic E-state index is 14.0. The van der Waals surface area contributed by atoms with E-state index in [1.807, 2.05) is 10.8 Å². The number of rotatable bonds is 7. The number of anilines is 1. The number of hydrogen-bond donors (Lipinski definition) is 1. The number of nitrogens with zero attached hydrogens (tertiary/aromatic N) is 2. The van der Waals surface area contributed by atoms with Gasteiger partial charge in [0.2, 0.25) is 0 Å². The van der Waals surface area contributed by atoms with Crippen molar-refractivity contribution in [1.82, 2.24) is 9.55 Å². The minimum absolute atomic E-state index is 0.00107. The van der Waals surface area contributed by atoms with Gasteiger partial charge in [-0.05, 0) is 18.2 Å². The van der Waals surface area contributed by atoms with Gasteiger partial charge < -0.3 is 19.8 Å². The molecule has 3 rings (SSSR count). The smallest absolute Gasteiger partial charge is 0.198 e. The van der Waals surface area contributed by atoms with E-state index in [1.165, 1.54) is 6.20 Å². The second-order valence-corrected chi connectivity index (χ2v) is 13.2. The van der Waals surface area contributed by atoms with Crippen LogP contribution in [0.15, 0.2) is 36.7 Å². The molecular formula is C19H23F2N3O2Si. The standard InChI is InChI=1S/C19H23F2N3O2Si/c1-27(2,3)9-8-25-12-24-7-5-14-17(4-6-23-19(14)24)26-18-15(20)10-13(22)11-16(18)21/h4-7,10-11H,8-9,12,22H2,1-3H3. The predicted octanol–water partition coefficient (Wildman–Crippen LogP) is 5.00. The summed E-state index contributed by atoms with van der Waals surface area (Å²) in [5.74, 6) is -1.89. The first-order chi connectivity index (χ1) is 12.7. The number of pyridine rings is 1. The van der Waals surface area contributed by atoms with E-state index in [0.717, 1.165) is 18.2 Å². The second kappa shape index (κ2) is 7.65. The number of fused-ring (bicyclic) bond motifs is 1. The van der Waals surface area contributed by atoms with Crippen LogP contribution in [0.4, 0.5) is 14.5 Å². The summed E-state index contributed by atoms with van der Waals surface area (Å²) in [4.78, 5) is 4.33. The van der Waals surface area contributed by atoms with Crippen LogP contribution in [0.2, 0.25) is 25.7 Å². The quantitative estimate of drug-likeness (QED) is 0.350. The molecule has 0 saturated heterocycles. The molecule has 2 aromatic heterocycles.